The molecule has 2 fully saturated rings. The summed E-state index contributed by atoms with van der Waals surface area (Å²) < 4.78 is 6.47. The SMILES string of the molecule is Cc1nc(C)c2c(n1)sc1c(N3CC4(COC4)C3)ncnc12. The minimum Gasteiger partial charge on any atom is -0.380 e. The average molecular weight is 313 g/mol. The molecule has 0 bridgehead atoms. The van der Waals surface area contributed by atoms with Gasteiger partial charge < -0.3 is 9.64 Å². The largest absolute Gasteiger partial charge is 0.380 e. The van der Waals surface area contributed by atoms with Crippen LogP contribution in [0.15, 0.2) is 6.33 Å². The lowest BCUT2D eigenvalue weighted by molar-refractivity contribution is -0.127. The molecule has 0 aliphatic carbocycles. The van der Waals surface area contributed by atoms with Crippen molar-refractivity contribution in [2.75, 3.05) is 31.2 Å². The third-order valence-electron chi connectivity index (χ3n) is 4.56. The van der Waals surface area contributed by atoms with Crippen molar-refractivity contribution in [1.82, 2.24) is 19.9 Å². The average Bonchev–Trinajstić information content (AvgIpc) is 2.74. The monoisotopic (exact) mass is 313 g/mol. The lowest BCUT2D eigenvalue weighted by Crippen LogP contribution is -2.66. The summed E-state index contributed by atoms with van der Waals surface area (Å²) in [5.74, 6) is 1.84. The van der Waals surface area contributed by atoms with Crippen molar-refractivity contribution in [3.63, 3.8) is 0 Å². The van der Waals surface area contributed by atoms with Gasteiger partial charge in [-0.2, -0.15) is 0 Å². The van der Waals surface area contributed by atoms with Gasteiger partial charge in [-0.1, -0.05) is 0 Å². The van der Waals surface area contributed by atoms with Gasteiger partial charge in [-0.3, -0.25) is 0 Å². The van der Waals surface area contributed by atoms with Gasteiger partial charge in [0, 0.05) is 13.1 Å². The Kier molecular flexibility index (Phi) is 2.37. The summed E-state index contributed by atoms with van der Waals surface area (Å²) in [4.78, 5) is 21.4. The van der Waals surface area contributed by atoms with Gasteiger partial charge in [0.05, 0.1) is 39.9 Å². The topological polar surface area (TPSA) is 64.0 Å². The summed E-state index contributed by atoms with van der Waals surface area (Å²) in [6.45, 7) is 7.77. The molecule has 0 aromatic carbocycles. The van der Waals surface area contributed by atoms with Crippen molar-refractivity contribution in [1.29, 1.82) is 0 Å². The van der Waals surface area contributed by atoms with Crippen LogP contribution in [0, 0.1) is 19.3 Å². The predicted molar refractivity (Wildman–Crippen MR) is 85.5 cm³/mol. The number of rotatable bonds is 1. The van der Waals surface area contributed by atoms with E-state index >= 15 is 0 Å². The molecule has 0 radical (unpaired) electrons. The number of thiophene rings is 1. The number of fused-ring (bicyclic) bond motifs is 3. The van der Waals surface area contributed by atoms with E-state index in [0.29, 0.717) is 5.41 Å². The molecule has 0 unspecified atom stereocenters. The molecule has 2 saturated heterocycles. The summed E-state index contributed by atoms with van der Waals surface area (Å²) in [7, 11) is 0. The summed E-state index contributed by atoms with van der Waals surface area (Å²) in [5.41, 5.74) is 2.35. The van der Waals surface area contributed by atoms with E-state index in [0.717, 1.165) is 64.1 Å². The molecule has 6 nitrogen and oxygen atoms in total. The van der Waals surface area contributed by atoms with E-state index in [9.17, 15) is 0 Å². The maximum Gasteiger partial charge on any atom is 0.150 e. The fourth-order valence-corrected chi connectivity index (χ4v) is 4.71. The van der Waals surface area contributed by atoms with Gasteiger partial charge in [-0.05, 0) is 13.8 Å². The molecule has 2 aliphatic rings. The van der Waals surface area contributed by atoms with Crippen molar-refractivity contribution in [2.45, 2.75) is 13.8 Å². The number of aryl methyl sites for hydroxylation is 2. The van der Waals surface area contributed by atoms with Gasteiger partial charge >= 0.3 is 0 Å². The van der Waals surface area contributed by atoms with Crippen LogP contribution >= 0.6 is 11.3 Å². The van der Waals surface area contributed by atoms with Crippen LogP contribution in [0.25, 0.3) is 20.4 Å². The molecular formula is C15H15N5OS. The van der Waals surface area contributed by atoms with E-state index in [-0.39, 0.29) is 0 Å². The molecule has 5 rings (SSSR count). The normalized spacial score (nSPS) is 19.6. The third kappa shape index (κ3) is 1.58. The summed E-state index contributed by atoms with van der Waals surface area (Å²) in [5, 5.41) is 1.07. The molecule has 3 aromatic rings. The third-order valence-corrected chi connectivity index (χ3v) is 5.63. The summed E-state index contributed by atoms with van der Waals surface area (Å²) in [6.07, 6.45) is 1.66. The minimum atomic E-state index is 0.375. The molecule has 5 heterocycles. The highest BCUT2D eigenvalue weighted by Crippen LogP contribution is 2.44. The fraction of sp³-hybridized carbons (Fsp3) is 0.467. The fourth-order valence-electron chi connectivity index (χ4n) is 3.47. The first-order valence-electron chi connectivity index (χ1n) is 7.36. The lowest BCUT2D eigenvalue weighted by Gasteiger charge is -2.55. The molecule has 0 atom stereocenters. The first kappa shape index (κ1) is 12.7. The minimum absolute atomic E-state index is 0.375. The van der Waals surface area contributed by atoms with Crippen LogP contribution in [0.5, 0.6) is 0 Å². The molecule has 0 amide bonds. The summed E-state index contributed by atoms with van der Waals surface area (Å²) >= 11 is 1.67. The molecule has 0 saturated carbocycles. The molecule has 2 aliphatic heterocycles. The highest BCUT2D eigenvalue weighted by Gasteiger charge is 2.49. The zero-order valence-electron chi connectivity index (χ0n) is 12.5. The Morgan fingerprint density at radius 3 is 2.73 bits per heavy atom. The van der Waals surface area contributed by atoms with Crippen molar-refractivity contribution in [2.24, 2.45) is 5.41 Å². The molecular weight excluding hydrogens is 298 g/mol. The number of ether oxygens (including phenoxy) is 1. The van der Waals surface area contributed by atoms with E-state index in [1.807, 2.05) is 13.8 Å². The zero-order chi connectivity index (χ0) is 14.9. The Balaban J connectivity index is 1.68. The quantitative estimate of drug-likeness (QED) is 0.685. The molecule has 22 heavy (non-hydrogen) atoms. The van der Waals surface area contributed by atoms with Crippen molar-refractivity contribution < 1.29 is 4.74 Å². The first-order valence-corrected chi connectivity index (χ1v) is 8.18. The van der Waals surface area contributed by atoms with Gasteiger partial charge in [-0.15, -0.1) is 11.3 Å². The van der Waals surface area contributed by atoms with Crippen LogP contribution in [0.3, 0.4) is 0 Å². The second-order valence-electron chi connectivity index (χ2n) is 6.36. The maximum atomic E-state index is 5.35. The standard InChI is InChI=1S/C15H15N5OS/c1-8-10-11-12(22-14(10)19-9(2)18-8)13(17-7-16-11)20-3-15(4-20)5-21-6-15/h7H,3-6H2,1-2H3. The second-order valence-corrected chi connectivity index (χ2v) is 7.36. The smallest absolute Gasteiger partial charge is 0.150 e. The van der Waals surface area contributed by atoms with E-state index in [1.165, 1.54) is 0 Å². The molecule has 112 valence electrons. The highest BCUT2D eigenvalue weighted by atomic mass is 32.1. The van der Waals surface area contributed by atoms with Crippen LogP contribution in [0.4, 0.5) is 5.82 Å². The Morgan fingerprint density at radius 2 is 2.00 bits per heavy atom. The number of nitrogens with zero attached hydrogens (tertiary/aromatic N) is 5. The molecule has 1 spiro atoms. The lowest BCUT2D eigenvalue weighted by atomic mass is 9.78. The van der Waals surface area contributed by atoms with E-state index in [1.54, 1.807) is 17.7 Å². The van der Waals surface area contributed by atoms with Crippen LogP contribution in [-0.4, -0.2) is 46.2 Å². The van der Waals surface area contributed by atoms with Crippen molar-refractivity contribution in [3.05, 3.63) is 17.8 Å². The Bertz CT molecular complexity index is 909. The number of hydrogen-bond acceptors (Lipinski definition) is 7. The van der Waals surface area contributed by atoms with Gasteiger partial charge in [0.1, 0.15) is 22.8 Å². The van der Waals surface area contributed by atoms with Crippen molar-refractivity contribution in [3.8, 4) is 0 Å². The van der Waals surface area contributed by atoms with Gasteiger partial charge in [0.25, 0.3) is 0 Å². The van der Waals surface area contributed by atoms with Crippen LogP contribution in [0.1, 0.15) is 11.5 Å². The first-order chi connectivity index (χ1) is 10.7. The zero-order valence-corrected chi connectivity index (χ0v) is 13.3. The predicted octanol–water partition coefficient (Wildman–Crippen LogP) is 2.09. The maximum absolute atomic E-state index is 5.35. The van der Waals surface area contributed by atoms with E-state index < -0.39 is 0 Å². The van der Waals surface area contributed by atoms with Crippen molar-refractivity contribution >= 4 is 37.6 Å². The van der Waals surface area contributed by atoms with Gasteiger partial charge in [0.15, 0.2) is 0 Å². The Morgan fingerprint density at radius 1 is 1.18 bits per heavy atom. The van der Waals surface area contributed by atoms with Crippen LogP contribution in [0.2, 0.25) is 0 Å². The van der Waals surface area contributed by atoms with E-state index in [2.05, 4.69) is 24.8 Å². The Labute approximate surface area is 131 Å². The molecule has 0 N–H and O–H groups in total. The number of anilines is 1. The van der Waals surface area contributed by atoms with Crippen LogP contribution < -0.4 is 4.90 Å². The molecule has 7 heteroatoms. The highest BCUT2D eigenvalue weighted by molar-refractivity contribution is 7.26. The van der Waals surface area contributed by atoms with E-state index in [4.69, 9.17) is 4.74 Å². The molecule has 3 aromatic heterocycles. The van der Waals surface area contributed by atoms with Gasteiger partial charge in [-0.25, -0.2) is 19.9 Å². The number of hydrogen-bond donors (Lipinski definition) is 0. The van der Waals surface area contributed by atoms with Crippen LogP contribution in [-0.2, 0) is 4.74 Å². The Hall–Kier alpha value is -1.86. The van der Waals surface area contributed by atoms with Gasteiger partial charge in [0.2, 0.25) is 0 Å². The number of aromatic nitrogens is 4. The second kappa shape index (κ2) is 4.11. The summed E-state index contributed by atoms with van der Waals surface area (Å²) in [6, 6.07) is 0.